The van der Waals surface area contributed by atoms with Crippen LogP contribution in [0.4, 0.5) is 13.2 Å². The summed E-state index contributed by atoms with van der Waals surface area (Å²) in [5.41, 5.74) is -0.481. The van der Waals surface area contributed by atoms with E-state index < -0.39 is 35.0 Å². The van der Waals surface area contributed by atoms with Crippen LogP contribution in [-0.4, -0.2) is 22.3 Å². The van der Waals surface area contributed by atoms with E-state index in [9.17, 15) is 23.1 Å². The number of carbonyl (C=O) groups is 1. The zero-order valence-corrected chi connectivity index (χ0v) is 13.3. The first kappa shape index (κ1) is 17.5. The second-order valence-corrected chi connectivity index (χ2v) is 5.78. The van der Waals surface area contributed by atoms with Gasteiger partial charge in [-0.25, -0.2) is 4.98 Å². The number of fused-ring (bicyclic) bond motifs is 1. The minimum Gasteiger partial charge on any atom is -0.445 e. The van der Waals surface area contributed by atoms with Crippen molar-refractivity contribution in [2.75, 3.05) is 0 Å². The molecular weight excluding hydrogens is 361 g/mol. The quantitative estimate of drug-likeness (QED) is 0.869. The van der Waals surface area contributed by atoms with Gasteiger partial charge < -0.3 is 15.2 Å². The Hall–Kier alpha value is -2.32. The average molecular weight is 373 g/mol. The van der Waals surface area contributed by atoms with E-state index in [4.69, 9.17) is 16.3 Å². The molecule has 0 spiro atoms. The number of carbonyl (C=O) groups excluding carboxylic acids is 1. The lowest BCUT2D eigenvalue weighted by molar-refractivity contribution is -0.137. The first-order valence-electron chi connectivity index (χ1n) is 7.21. The summed E-state index contributed by atoms with van der Waals surface area (Å²) in [6.45, 7) is 0. The molecule has 9 heteroatoms. The topological polar surface area (TPSA) is 71.5 Å². The van der Waals surface area contributed by atoms with E-state index in [1.165, 1.54) is 18.3 Å². The molecular formula is C16H12ClF3N2O3. The highest BCUT2D eigenvalue weighted by molar-refractivity contribution is 6.32. The lowest BCUT2D eigenvalue weighted by Crippen LogP contribution is -2.36. The van der Waals surface area contributed by atoms with Crippen molar-refractivity contribution in [3.05, 3.63) is 58.2 Å². The summed E-state index contributed by atoms with van der Waals surface area (Å²) in [4.78, 5) is 16.1. The molecule has 25 heavy (non-hydrogen) atoms. The fourth-order valence-corrected chi connectivity index (χ4v) is 2.86. The molecule has 2 heterocycles. The van der Waals surface area contributed by atoms with Crippen molar-refractivity contribution in [3.63, 3.8) is 0 Å². The number of rotatable bonds is 3. The number of aliphatic hydroxyl groups is 1. The minimum atomic E-state index is -4.61. The van der Waals surface area contributed by atoms with Gasteiger partial charge in [-0.3, -0.25) is 4.79 Å². The van der Waals surface area contributed by atoms with Crippen LogP contribution in [0, 0.1) is 0 Å². The third-order valence-electron chi connectivity index (χ3n) is 3.70. The maximum Gasteiger partial charge on any atom is 0.417 e. The van der Waals surface area contributed by atoms with Gasteiger partial charge in [-0.15, -0.1) is 0 Å². The smallest absolute Gasteiger partial charge is 0.417 e. The van der Waals surface area contributed by atoms with Crippen molar-refractivity contribution >= 4 is 17.5 Å². The molecule has 1 aliphatic rings. The molecule has 2 aromatic rings. The molecule has 1 aliphatic heterocycles. The van der Waals surface area contributed by atoms with Gasteiger partial charge in [0.15, 0.2) is 0 Å². The number of aromatic nitrogens is 1. The van der Waals surface area contributed by atoms with Crippen LogP contribution in [0.1, 0.15) is 22.7 Å². The fourth-order valence-electron chi connectivity index (χ4n) is 2.56. The molecule has 2 unspecified atom stereocenters. The summed E-state index contributed by atoms with van der Waals surface area (Å²) in [5, 5.41) is 11.9. The van der Waals surface area contributed by atoms with Crippen LogP contribution in [0.15, 0.2) is 36.5 Å². The van der Waals surface area contributed by atoms with Crippen LogP contribution in [0.5, 0.6) is 5.88 Å². The van der Waals surface area contributed by atoms with Gasteiger partial charge >= 0.3 is 6.18 Å². The summed E-state index contributed by atoms with van der Waals surface area (Å²) >= 11 is 5.78. The van der Waals surface area contributed by atoms with E-state index in [1.807, 2.05) is 0 Å². The van der Waals surface area contributed by atoms with Crippen LogP contribution in [0.3, 0.4) is 0 Å². The van der Waals surface area contributed by atoms with Gasteiger partial charge in [0, 0.05) is 11.8 Å². The summed E-state index contributed by atoms with van der Waals surface area (Å²) in [5.74, 6) is -0.414. The summed E-state index contributed by atoms with van der Waals surface area (Å²) in [6, 6.07) is 5.75. The third-order valence-corrected chi connectivity index (χ3v) is 4.15. The normalized spacial score (nSPS) is 19.2. The molecule has 0 bridgehead atoms. The Kier molecular flexibility index (Phi) is 4.57. The van der Waals surface area contributed by atoms with E-state index in [0.29, 0.717) is 5.56 Å². The van der Waals surface area contributed by atoms with Crippen molar-refractivity contribution in [3.8, 4) is 5.88 Å². The molecule has 132 valence electrons. The van der Waals surface area contributed by atoms with Gasteiger partial charge in [0.05, 0.1) is 17.0 Å². The molecule has 0 saturated carbocycles. The van der Waals surface area contributed by atoms with E-state index in [0.717, 1.165) is 6.07 Å². The summed E-state index contributed by atoms with van der Waals surface area (Å²) < 4.78 is 43.7. The zero-order chi connectivity index (χ0) is 18.2. The van der Waals surface area contributed by atoms with Crippen molar-refractivity contribution in [2.45, 2.75) is 24.9 Å². The monoisotopic (exact) mass is 372 g/mol. The average Bonchev–Trinajstić information content (AvgIpc) is 2.84. The largest absolute Gasteiger partial charge is 0.445 e. The second kappa shape index (κ2) is 6.53. The predicted molar refractivity (Wildman–Crippen MR) is 81.9 cm³/mol. The van der Waals surface area contributed by atoms with E-state index in [-0.39, 0.29) is 17.9 Å². The zero-order valence-electron chi connectivity index (χ0n) is 12.5. The highest BCUT2D eigenvalue weighted by atomic mass is 35.5. The Morgan fingerprint density at radius 3 is 2.80 bits per heavy atom. The van der Waals surface area contributed by atoms with Gasteiger partial charge in [0.1, 0.15) is 6.04 Å². The molecule has 1 aromatic heterocycles. The minimum absolute atomic E-state index is 0.0359. The van der Waals surface area contributed by atoms with Crippen LogP contribution < -0.4 is 10.1 Å². The number of amides is 1. The number of aliphatic hydroxyl groups excluding tert-OH is 1. The van der Waals surface area contributed by atoms with Gasteiger partial charge in [-0.1, -0.05) is 23.7 Å². The number of hydrogen-bond donors (Lipinski definition) is 2. The molecule has 2 atom stereocenters. The number of nitrogens with zero attached hydrogens (tertiary/aromatic N) is 1. The lowest BCUT2D eigenvalue weighted by atomic mass is 10.1. The van der Waals surface area contributed by atoms with Gasteiger partial charge in [-0.05, 0) is 23.8 Å². The fraction of sp³-hybridized carbons (Fsp3) is 0.250. The molecule has 1 aromatic carbocycles. The molecule has 0 aliphatic carbocycles. The Bertz CT molecular complexity index is 813. The van der Waals surface area contributed by atoms with Crippen LogP contribution in [-0.2, 0) is 17.4 Å². The molecule has 3 rings (SSSR count). The lowest BCUT2D eigenvalue weighted by Gasteiger charge is -2.16. The molecule has 2 N–H and O–H groups in total. The predicted octanol–water partition coefficient (Wildman–Crippen LogP) is 2.86. The molecule has 1 amide bonds. The first-order chi connectivity index (χ1) is 11.8. The number of hydrogen-bond acceptors (Lipinski definition) is 4. The maximum absolute atomic E-state index is 12.9. The van der Waals surface area contributed by atoms with Gasteiger partial charge in [0.25, 0.3) is 0 Å². The SMILES string of the molecule is O=C(Cc1cccc(C(F)(F)F)c1Cl)NC1c2cccnc2OC1O. The Morgan fingerprint density at radius 1 is 1.32 bits per heavy atom. The van der Waals surface area contributed by atoms with Gasteiger partial charge in [-0.2, -0.15) is 13.2 Å². The molecule has 0 saturated heterocycles. The number of halogens is 4. The number of nitrogens with one attached hydrogen (secondary N) is 1. The number of alkyl halides is 3. The number of ether oxygens (including phenoxy) is 1. The molecule has 0 fully saturated rings. The number of benzene rings is 1. The molecule has 0 radical (unpaired) electrons. The highest BCUT2D eigenvalue weighted by Crippen LogP contribution is 2.37. The summed E-state index contributed by atoms with van der Waals surface area (Å²) in [7, 11) is 0. The van der Waals surface area contributed by atoms with Crippen molar-refractivity contribution in [2.24, 2.45) is 0 Å². The van der Waals surface area contributed by atoms with E-state index in [2.05, 4.69) is 10.3 Å². The van der Waals surface area contributed by atoms with Crippen LogP contribution in [0.25, 0.3) is 0 Å². The van der Waals surface area contributed by atoms with Crippen molar-refractivity contribution < 1.29 is 27.8 Å². The van der Waals surface area contributed by atoms with Crippen molar-refractivity contribution in [1.29, 1.82) is 0 Å². The summed E-state index contributed by atoms with van der Waals surface area (Å²) in [6.07, 6.45) is -4.84. The Labute approximate surface area is 145 Å². The van der Waals surface area contributed by atoms with Crippen LogP contribution in [0.2, 0.25) is 5.02 Å². The maximum atomic E-state index is 12.9. The highest BCUT2D eigenvalue weighted by Gasteiger charge is 2.36. The molecule has 5 nitrogen and oxygen atoms in total. The van der Waals surface area contributed by atoms with E-state index in [1.54, 1.807) is 12.1 Å². The third kappa shape index (κ3) is 3.54. The standard InChI is InChI=1S/C16H12ClF3N2O3/c17-12-8(3-1-5-10(12)16(18,19)20)7-11(23)22-13-9-4-2-6-21-14(9)25-15(13)24/h1-6,13,15,24H,7H2,(H,22,23). The Morgan fingerprint density at radius 2 is 2.08 bits per heavy atom. The van der Waals surface area contributed by atoms with Crippen molar-refractivity contribution in [1.82, 2.24) is 10.3 Å². The Balaban J connectivity index is 1.76. The van der Waals surface area contributed by atoms with E-state index >= 15 is 0 Å². The van der Waals surface area contributed by atoms with Gasteiger partial charge in [0.2, 0.25) is 18.1 Å². The second-order valence-electron chi connectivity index (χ2n) is 5.40. The number of pyridine rings is 1. The van der Waals surface area contributed by atoms with Crippen LogP contribution >= 0.6 is 11.6 Å². The first-order valence-corrected chi connectivity index (χ1v) is 7.58.